The molecule has 0 aliphatic rings. The highest BCUT2D eigenvalue weighted by Crippen LogP contribution is 2.16. The van der Waals surface area contributed by atoms with Gasteiger partial charge in [-0.3, -0.25) is 0 Å². The molecular weight excluding hydrogens is 284 g/mol. The summed E-state index contributed by atoms with van der Waals surface area (Å²) in [5.41, 5.74) is 8.18. The van der Waals surface area contributed by atoms with E-state index in [1.807, 2.05) is 55.5 Å². The van der Waals surface area contributed by atoms with Crippen LogP contribution in [0.3, 0.4) is 0 Å². The molecule has 0 aliphatic heterocycles. The Bertz CT molecular complexity index is 684. The number of benzene rings is 2. The van der Waals surface area contributed by atoms with Crippen molar-refractivity contribution in [3.05, 3.63) is 71.3 Å². The third-order valence-corrected chi connectivity index (χ3v) is 4.74. The van der Waals surface area contributed by atoms with Gasteiger partial charge in [0.1, 0.15) is 0 Å². The van der Waals surface area contributed by atoms with Gasteiger partial charge in [-0.1, -0.05) is 54.6 Å². The Kier molecular flexibility index (Phi) is 5.12. The molecule has 4 nitrogen and oxygen atoms in total. The van der Waals surface area contributed by atoms with E-state index in [1.165, 1.54) is 0 Å². The van der Waals surface area contributed by atoms with Crippen molar-refractivity contribution in [1.82, 2.24) is 4.72 Å². The van der Waals surface area contributed by atoms with E-state index < -0.39 is 10.0 Å². The summed E-state index contributed by atoms with van der Waals surface area (Å²) in [6.45, 7) is 2.17. The molecule has 21 heavy (non-hydrogen) atoms. The van der Waals surface area contributed by atoms with Crippen LogP contribution < -0.4 is 10.5 Å². The van der Waals surface area contributed by atoms with Crippen LogP contribution in [0.25, 0.3) is 0 Å². The van der Waals surface area contributed by atoms with Crippen molar-refractivity contribution >= 4 is 10.0 Å². The molecule has 0 spiro atoms. The van der Waals surface area contributed by atoms with Crippen LogP contribution in [0, 0.1) is 0 Å². The number of nitrogens with one attached hydrogen (secondary N) is 1. The molecule has 0 bridgehead atoms. The standard InChI is InChI=1S/C16H20N2O2S/c1-13(14-7-3-2-4-8-14)18-21(19,20)12-16-10-6-5-9-15(16)11-17/h2-10,13,18H,11-12,17H2,1H3. The van der Waals surface area contributed by atoms with Gasteiger partial charge in [0.05, 0.1) is 5.75 Å². The highest BCUT2D eigenvalue weighted by Gasteiger charge is 2.17. The lowest BCUT2D eigenvalue weighted by molar-refractivity contribution is 0.566. The lowest BCUT2D eigenvalue weighted by Crippen LogP contribution is -2.28. The number of hydrogen-bond acceptors (Lipinski definition) is 3. The molecule has 0 fully saturated rings. The fourth-order valence-electron chi connectivity index (χ4n) is 2.22. The van der Waals surface area contributed by atoms with E-state index in [4.69, 9.17) is 5.73 Å². The molecule has 5 heteroatoms. The van der Waals surface area contributed by atoms with Crippen molar-refractivity contribution in [3.8, 4) is 0 Å². The molecule has 112 valence electrons. The fourth-order valence-corrected chi connectivity index (χ4v) is 3.67. The summed E-state index contributed by atoms with van der Waals surface area (Å²) in [6.07, 6.45) is 0. The van der Waals surface area contributed by atoms with Crippen molar-refractivity contribution in [1.29, 1.82) is 0 Å². The summed E-state index contributed by atoms with van der Waals surface area (Å²) < 4.78 is 27.3. The van der Waals surface area contributed by atoms with Gasteiger partial charge in [-0.15, -0.1) is 0 Å². The molecule has 0 aliphatic carbocycles. The minimum Gasteiger partial charge on any atom is -0.326 e. The number of rotatable bonds is 6. The minimum absolute atomic E-state index is 0.0580. The maximum Gasteiger partial charge on any atom is 0.216 e. The second kappa shape index (κ2) is 6.85. The van der Waals surface area contributed by atoms with Gasteiger partial charge < -0.3 is 5.73 Å². The molecule has 0 amide bonds. The van der Waals surface area contributed by atoms with Crippen LogP contribution in [-0.4, -0.2) is 8.42 Å². The lowest BCUT2D eigenvalue weighted by atomic mass is 10.1. The Hall–Kier alpha value is -1.69. The number of sulfonamides is 1. The van der Waals surface area contributed by atoms with Crippen molar-refractivity contribution in [2.45, 2.75) is 25.3 Å². The van der Waals surface area contributed by atoms with E-state index in [0.717, 1.165) is 16.7 Å². The molecule has 0 radical (unpaired) electrons. The molecule has 2 rings (SSSR count). The molecule has 2 aromatic rings. The third kappa shape index (κ3) is 4.39. The van der Waals surface area contributed by atoms with Gasteiger partial charge in [-0.25, -0.2) is 13.1 Å². The first kappa shape index (κ1) is 15.7. The second-order valence-corrected chi connectivity index (χ2v) is 6.74. The first-order valence-electron chi connectivity index (χ1n) is 6.83. The molecule has 1 atom stereocenters. The molecule has 0 heterocycles. The third-order valence-electron chi connectivity index (χ3n) is 3.34. The van der Waals surface area contributed by atoms with Crippen LogP contribution >= 0.6 is 0 Å². The van der Waals surface area contributed by atoms with Gasteiger partial charge in [0.25, 0.3) is 0 Å². The smallest absolute Gasteiger partial charge is 0.216 e. The normalized spacial score (nSPS) is 13.0. The maximum atomic E-state index is 12.3. The zero-order valence-corrected chi connectivity index (χ0v) is 12.8. The lowest BCUT2D eigenvalue weighted by Gasteiger charge is -2.15. The van der Waals surface area contributed by atoms with E-state index >= 15 is 0 Å². The van der Waals surface area contributed by atoms with Gasteiger partial charge in [0.15, 0.2) is 0 Å². The quantitative estimate of drug-likeness (QED) is 0.860. The molecular formula is C16H20N2O2S. The molecule has 0 aromatic heterocycles. The van der Waals surface area contributed by atoms with Crippen molar-refractivity contribution in [2.24, 2.45) is 5.73 Å². The summed E-state index contributed by atoms with van der Waals surface area (Å²) in [7, 11) is -3.42. The maximum absolute atomic E-state index is 12.3. The van der Waals surface area contributed by atoms with Crippen molar-refractivity contribution in [2.75, 3.05) is 0 Å². The zero-order valence-electron chi connectivity index (χ0n) is 12.0. The summed E-state index contributed by atoms with van der Waals surface area (Å²) in [6, 6.07) is 16.6. The minimum atomic E-state index is -3.42. The highest BCUT2D eigenvalue weighted by molar-refractivity contribution is 7.88. The first-order valence-corrected chi connectivity index (χ1v) is 8.49. The van der Waals surface area contributed by atoms with Crippen molar-refractivity contribution < 1.29 is 8.42 Å². The van der Waals surface area contributed by atoms with Crippen LogP contribution in [0.15, 0.2) is 54.6 Å². The van der Waals surface area contributed by atoms with E-state index in [-0.39, 0.29) is 11.8 Å². The fraction of sp³-hybridized carbons (Fsp3) is 0.250. The van der Waals surface area contributed by atoms with Crippen molar-refractivity contribution in [3.63, 3.8) is 0 Å². The summed E-state index contributed by atoms with van der Waals surface area (Å²) >= 11 is 0. The Labute approximate surface area is 126 Å². The number of nitrogens with two attached hydrogens (primary N) is 1. The highest BCUT2D eigenvalue weighted by atomic mass is 32.2. The Balaban J connectivity index is 2.12. The van der Waals surface area contributed by atoms with Crippen LogP contribution in [0.1, 0.15) is 29.7 Å². The topological polar surface area (TPSA) is 72.2 Å². The van der Waals surface area contributed by atoms with Crippen LogP contribution in [-0.2, 0) is 22.3 Å². The zero-order chi connectivity index (χ0) is 15.3. The predicted molar refractivity (Wildman–Crippen MR) is 84.9 cm³/mol. The monoisotopic (exact) mass is 304 g/mol. The first-order chi connectivity index (χ1) is 10.0. The molecule has 0 saturated heterocycles. The summed E-state index contributed by atoms with van der Waals surface area (Å²) in [5.74, 6) is -0.0580. The Morgan fingerprint density at radius 1 is 1.00 bits per heavy atom. The predicted octanol–water partition coefficient (Wildman–Crippen LogP) is 2.33. The van der Waals surface area contributed by atoms with E-state index in [2.05, 4.69) is 4.72 Å². The summed E-state index contributed by atoms with van der Waals surface area (Å²) in [5, 5.41) is 0. The van der Waals surface area contributed by atoms with Gasteiger partial charge >= 0.3 is 0 Å². The Morgan fingerprint density at radius 2 is 1.57 bits per heavy atom. The second-order valence-electron chi connectivity index (χ2n) is 4.98. The Morgan fingerprint density at radius 3 is 2.19 bits per heavy atom. The molecule has 3 N–H and O–H groups in total. The SMILES string of the molecule is CC(NS(=O)(=O)Cc1ccccc1CN)c1ccccc1. The van der Waals surface area contributed by atoms with Crippen LogP contribution in [0.5, 0.6) is 0 Å². The number of hydrogen-bond donors (Lipinski definition) is 2. The average Bonchev–Trinajstić information content (AvgIpc) is 2.47. The molecule has 0 saturated carbocycles. The average molecular weight is 304 g/mol. The molecule has 2 aromatic carbocycles. The summed E-state index contributed by atoms with van der Waals surface area (Å²) in [4.78, 5) is 0. The van der Waals surface area contributed by atoms with Crippen LogP contribution in [0.4, 0.5) is 0 Å². The van der Waals surface area contributed by atoms with Gasteiger partial charge in [0, 0.05) is 12.6 Å². The van der Waals surface area contributed by atoms with Gasteiger partial charge in [0.2, 0.25) is 10.0 Å². The van der Waals surface area contributed by atoms with Gasteiger partial charge in [-0.05, 0) is 23.6 Å². The largest absolute Gasteiger partial charge is 0.326 e. The van der Waals surface area contributed by atoms with E-state index in [1.54, 1.807) is 6.07 Å². The van der Waals surface area contributed by atoms with E-state index in [9.17, 15) is 8.42 Å². The van der Waals surface area contributed by atoms with Crippen LogP contribution in [0.2, 0.25) is 0 Å². The molecule has 1 unspecified atom stereocenters. The van der Waals surface area contributed by atoms with Gasteiger partial charge in [-0.2, -0.15) is 0 Å². The van der Waals surface area contributed by atoms with E-state index in [0.29, 0.717) is 6.54 Å².